The van der Waals surface area contributed by atoms with Gasteiger partial charge in [-0.1, -0.05) is 0 Å². The van der Waals surface area contributed by atoms with E-state index >= 15 is 0 Å². The molecule has 4 nitrogen and oxygen atoms in total. The minimum absolute atomic E-state index is 0. The van der Waals surface area contributed by atoms with Gasteiger partial charge in [0.25, 0.3) is 0 Å². The summed E-state index contributed by atoms with van der Waals surface area (Å²) in [7, 11) is -4.67. The maximum Gasteiger partial charge on any atom is 0.394 e. The van der Waals surface area contributed by atoms with Crippen LogP contribution in [0.15, 0.2) is 0 Å². The summed E-state index contributed by atoms with van der Waals surface area (Å²) in [5, 5.41) is 0. The number of hydrogen-bond donors (Lipinski definition) is 2. The molecule has 0 atom stereocenters. The van der Waals surface area contributed by atoms with Crippen molar-refractivity contribution in [1.29, 1.82) is 0 Å². The second kappa shape index (κ2) is 5.05. The number of hydrogen-bond acceptors (Lipinski definition) is 2. The summed E-state index contributed by atoms with van der Waals surface area (Å²) in [5.74, 6) is 0. The molecule has 0 unspecified atom stereocenters. The van der Waals surface area contributed by atoms with Crippen LogP contribution < -0.4 is 0 Å². The molecule has 1 radical (unpaired) electrons. The van der Waals surface area contributed by atoms with E-state index in [1.54, 1.807) is 0 Å². The monoisotopic (exact) mass is 209 g/mol. The van der Waals surface area contributed by atoms with Gasteiger partial charge in [0.2, 0.25) is 0 Å². The molecular weight excluding hydrogens is 207 g/mol. The molecule has 47 valence electrons. The third-order valence-electron chi connectivity index (χ3n) is 0. The van der Waals surface area contributed by atoms with Gasteiger partial charge in [-0.15, -0.1) is 0 Å². The smallest absolute Gasteiger partial charge is 0.264 e. The summed E-state index contributed by atoms with van der Waals surface area (Å²) in [6.07, 6.45) is 0. The van der Waals surface area contributed by atoms with Crippen molar-refractivity contribution >= 4 is 10.4 Å². The Hall–Kier alpha value is 0.909. The van der Waals surface area contributed by atoms with E-state index in [-0.39, 0.29) is 34.1 Å². The first kappa shape index (κ1) is 15.7. The molecule has 0 aliphatic heterocycles. The maximum atomic E-state index is 8.74. The van der Waals surface area contributed by atoms with E-state index in [9.17, 15) is 0 Å². The first-order valence-electron chi connectivity index (χ1n) is 0.698. The Morgan fingerprint density at radius 2 is 1.14 bits per heavy atom. The summed E-state index contributed by atoms with van der Waals surface area (Å²) < 4.78 is 31.6. The van der Waals surface area contributed by atoms with Crippen LogP contribution >= 0.6 is 0 Å². The van der Waals surface area contributed by atoms with Crippen LogP contribution in [0.2, 0.25) is 0 Å². The van der Waals surface area contributed by atoms with Crippen molar-refractivity contribution in [2.75, 3.05) is 0 Å². The Balaban J connectivity index is -0.0000000800. The minimum atomic E-state index is -4.67. The molecule has 0 aliphatic rings. The summed E-state index contributed by atoms with van der Waals surface area (Å²) in [6.45, 7) is 0. The van der Waals surface area contributed by atoms with Crippen LogP contribution in [0.1, 0.15) is 0 Å². The Morgan fingerprint density at radius 3 is 1.14 bits per heavy atom. The molecule has 0 saturated heterocycles. The van der Waals surface area contributed by atoms with E-state index in [0.29, 0.717) is 0 Å². The van der Waals surface area contributed by atoms with E-state index in [2.05, 4.69) is 0 Å². The zero-order chi connectivity index (χ0) is 4.50. The molecule has 7 heteroatoms. The number of rotatable bonds is 0. The van der Waals surface area contributed by atoms with Gasteiger partial charge < -0.3 is 0 Å². The first-order chi connectivity index (χ1) is 2.00. The fourth-order valence-corrected chi connectivity index (χ4v) is 0. The molecule has 0 fully saturated rings. The zero-order valence-corrected chi connectivity index (χ0v) is 5.95. The third kappa shape index (κ3) is 202. The maximum absolute atomic E-state index is 8.74. The van der Waals surface area contributed by atoms with Gasteiger partial charge in [0.15, 0.2) is 0 Å². The summed E-state index contributed by atoms with van der Waals surface area (Å²) in [4.78, 5) is 0. The predicted octanol–water partition coefficient (Wildman–Crippen LogP) is -0.658. The fourth-order valence-electron chi connectivity index (χ4n) is 0. The fraction of sp³-hybridized carbons (Fsp3) is 0. The molecule has 0 saturated carbocycles. The Kier molecular flexibility index (Phi) is 11.3. The predicted molar refractivity (Wildman–Crippen MR) is 14.2 cm³/mol. The summed E-state index contributed by atoms with van der Waals surface area (Å²) in [5.41, 5.74) is 0. The molecule has 0 heterocycles. The van der Waals surface area contributed by atoms with Crippen LogP contribution in [0.3, 0.4) is 0 Å². The van der Waals surface area contributed by atoms with Gasteiger partial charge in [-0.05, 0) is 0 Å². The second-order valence-corrected chi connectivity index (χ2v) is 1.34. The van der Waals surface area contributed by atoms with Crippen LogP contribution in [0.25, 0.3) is 0 Å². The average molecular weight is 209 g/mol. The molecule has 0 rings (SSSR count). The first-order valence-corrected chi connectivity index (χ1v) is 2.10. The summed E-state index contributed by atoms with van der Waals surface area (Å²) >= 11 is 0. The molecule has 0 aromatic carbocycles. The van der Waals surface area contributed by atoms with E-state index < -0.39 is 10.4 Å². The molecule has 0 spiro atoms. The van der Waals surface area contributed by atoms with E-state index in [0.717, 1.165) is 0 Å². The standard InChI is InChI=1S/Fe.Mn.H2O4S/c;;1-5(2,3)4/h;;(H2,1,2,3,4). The molecule has 0 aromatic heterocycles. The molecule has 0 amide bonds. The van der Waals surface area contributed by atoms with Gasteiger partial charge in [0, 0.05) is 34.1 Å². The van der Waals surface area contributed by atoms with Gasteiger partial charge in [0.05, 0.1) is 0 Å². The second-order valence-electron chi connectivity index (χ2n) is 0.448. The molecule has 2 N–H and O–H groups in total. The molecule has 0 aliphatic carbocycles. The topological polar surface area (TPSA) is 74.6 Å². The van der Waals surface area contributed by atoms with Crippen LogP contribution in [0, 0.1) is 0 Å². The summed E-state index contributed by atoms with van der Waals surface area (Å²) in [6, 6.07) is 0. The normalized spacial score (nSPS) is 8.29. The van der Waals surface area contributed by atoms with Crippen molar-refractivity contribution in [1.82, 2.24) is 0 Å². The van der Waals surface area contributed by atoms with Gasteiger partial charge >= 0.3 is 10.4 Å². The van der Waals surface area contributed by atoms with Crippen molar-refractivity contribution in [3.8, 4) is 0 Å². The minimum Gasteiger partial charge on any atom is -0.264 e. The molecule has 0 aromatic rings. The largest absolute Gasteiger partial charge is 0.394 e. The quantitative estimate of drug-likeness (QED) is 0.410. The molecule has 7 heavy (non-hydrogen) atoms. The van der Waals surface area contributed by atoms with Crippen molar-refractivity contribution in [2.45, 2.75) is 0 Å². The van der Waals surface area contributed by atoms with Gasteiger partial charge in [-0.3, -0.25) is 9.11 Å². The van der Waals surface area contributed by atoms with Gasteiger partial charge in [0.1, 0.15) is 0 Å². The van der Waals surface area contributed by atoms with Crippen LogP contribution in [-0.2, 0) is 44.5 Å². The van der Waals surface area contributed by atoms with Crippen LogP contribution in [0.5, 0.6) is 0 Å². The van der Waals surface area contributed by atoms with Crippen molar-refractivity contribution in [3.05, 3.63) is 0 Å². The van der Waals surface area contributed by atoms with Gasteiger partial charge in [-0.25, -0.2) is 0 Å². The average Bonchev–Trinajstić information content (AvgIpc) is 0.722. The van der Waals surface area contributed by atoms with Crippen LogP contribution in [0.4, 0.5) is 0 Å². The van der Waals surface area contributed by atoms with Crippen molar-refractivity contribution in [2.24, 2.45) is 0 Å². The third-order valence-corrected chi connectivity index (χ3v) is 0. The molecule has 0 bridgehead atoms. The van der Waals surface area contributed by atoms with Crippen molar-refractivity contribution < 1.29 is 51.7 Å². The van der Waals surface area contributed by atoms with Crippen LogP contribution in [-0.4, -0.2) is 17.5 Å². The van der Waals surface area contributed by atoms with E-state index in [1.807, 2.05) is 0 Å². The Bertz CT molecular complexity index is 94.9. The Morgan fingerprint density at radius 1 is 1.14 bits per heavy atom. The van der Waals surface area contributed by atoms with Crippen molar-refractivity contribution in [3.63, 3.8) is 0 Å². The Labute approximate surface area is 62.2 Å². The van der Waals surface area contributed by atoms with E-state index in [4.69, 9.17) is 17.5 Å². The van der Waals surface area contributed by atoms with Gasteiger partial charge in [-0.2, -0.15) is 8.42 Å². The zero-order valence-electron chi connectivity index (χ0n) is 2.85. The SMILES string of the molecule is O=S(=O)(O)O.[Fe].[Mn]. The van der Waals surface area contributed by atoms with E-state index in [1.165, 1.54) is 0 Å². The molecular formula is H2FeMnO4S.